The van der Waals surface area contributed by atoms with Crippen LogP contribution in [0.5, 0.6) is 0 Å². The molecule has 0 spiro atoms. The minimum atomic E-state index is 0.621. The van der Waals surface area contributed by atoms with E-state index in [-0.39, 0.29) is 0 Å². The highest BCUT2D eigenvalue weighted by atomic mass is 15.3. The summed E-state index contributed by atoms with van der Waals surface area (Å²) in [5, 5.41) is 3.88. The van der Waals surface area contributed by atoms with E-state index in [1.165, 1.54) is 38.6 Å². The van der Waals surface area contributed by atoms with Crippen LogP contribution in [-0.4, -0.2) is 35.6 Å². The Balaban J connectivity index is 1.52. The average Bonchev–Trinajstić information content (AvgIpc) is 3.11. The third-order valence-corrected chi connectivity index (χ3v) is 5.21. The van der Waals surface area contributed by atoms with E-state index in [1.54, 1.807) is 0 Å². The summed E-state index contributed by atoms with van der Waals surface area (Å²) in [5.41, 5.74) is 0.621. The van der Waals surface area contributed by atoms with E-state index in [9.17, 15) is 0 Å². The predicted octanol–water partition coefficient (Wildman–Crippen LogP) is 2.39. The average molecular weight is 222 g/mol. The van der Waals surface area contributed by atoms with E-state index in [4.69, 9.17) is 0 Å². The summed E-state index contributed by atoms with van der Waals surface area (Å²) in [7, 11) is 0. The lowest BCUT2D eigenvalue weighted by Crippen LogP contribution is -2.42. The van der Waals surface area contributed by atoms with Gasteiger partial charge in [0.1, 0.15) is 0 Å². The van der Waals surface area contributed by atoms with E-state index in [1.807, 2.05) is 0 Å². The second-order valence-corrected chi connectivity index (χ2v) is 6.75. The molecule has 0 amide bonds. The zero-order valence-electron chi connectivity index (χ0n) is 11.0. The molecule has 16 heavy (non-hydrogen) atoms. The summed E-state index contributed by atoms with van der Waals surface area (Å²) in [6.07, 6.45) is 7.11. The van der Waals surface area contributed by atoms with E-state index in [0.29, 0.717) is 11.5 Å². The van der Waals surface area contributed by atoms with Gasteiger partial charge in [0, 0.05) is 30.7 Å². The van der Waals surface area contributed by atoms with Crippen molar-refractivity contribution in [1.29, 1.82) is 0 Å². The fourth-order valence-electron chi connectivity index (χ4n) is 3.28. The van der Waals surface area contributed by atoms with Crippen LogP contribution in [0.3, 0.4) is 0 Å². The maximum atomic E-state index is 3.88. The van der Waals surface area contributed by atoms with Gasteiger partial charge in [-0.1, -0.05) is 6.92 Å². The van der Waals surface area contributed by atoms with Gasteiger partial charge in [0.25, 0.3) is 0 Å². The molecule has 0 aromatic rings. The van der Waals surface area contributed by atoms with E-state index in [2.05, 4.69) is 31.0 Å². The highest BCUT2D eigenvalue weighted by Crippen LogP contribution is 2.48. The molecule has 3 aliphatic rings. The van der Waals surface area contributed by atoms with Gasteiger partial charge in [-0.25, -0.2) is 0 Å². The van der Waals surface area contributed by atoms with Gasteiger partial charge in [-0.15, -0.1) is 0 Å². The highest BCUT2D eigenvalue weighted by Gasteiger charge is 2.45. The van der Waals surface area contributed by atoms with Crippen molar-refractivity contribution in [2.75, 3.05) is 6.54 Å². The van der Waals surface area contributed by atoms with Gasteiger partial charge in [0.15, 0.2) is 0 Å². The first-order valence-corrected chi connectivity index (χ1v) is 7.10. The largest absolute Gasteiger partial charge is 0.310 e. The first-order valence-electron chi connectivity index (χ1n) is 7.10. The number of nitrogens with zero attached hydrogens (tertiary/aromatic N) is 1. The van der Waals surface area contributed by atoms with Crippen LogP contribution in [0.2, 0.25) is 0 Å². The smallest absolute Gasteiger partial charge is 0.0212 e. The quantitative estimate of drug-likeness (QED) is 0.786. The van der Waals surface area contributed by atoms with Gasteiger partial charge in [0.05, 0.1) is 0 Å². The van der Waals surface area contributed by atoms with Crippen molar-refractivity contribution in [3.63, 3.8) is 0 Å². The summed E-state index contributed by atoms with van der Waals surface area (Å²) in [6.45, 7) is 8.52. The fraction of sp³-hybridized carbons (Fsp3) is 1.00. The highest BCUT2D eigenvalue weighted by molar-refractivity contribution is 5.01. The maximum absolute atomic E-state index is 3.88. The lowest BCUT2D eigenvalue weighted by atomic mass is 9.99. The standard InChI is InChI=1S/C14H26N2/c1-10-8-12(9-16(10)13-4-5-13)15-11(2)14(3)6-7-14/h10-13,15H,4-9H2,1-3H3. The molecule has 0 radical (unpaired) electrons. The van der Waals surface area contributed by atoms with Gasteiger partial charge >= 0.3 is 0 Å². The van der Waals surface area contributed by atoms with Gasteiger partial charge in [-0.05, 0) is 51.4 Å². The number of rotatable bonds is 4. The van der Waals surface area contributed by atoms with Gasteiger partial charge in [-0.3, -0.25) is 4.90 Å². The zero-order valence-corrected chi connectivity index (χ0v) is 11.0. The Morgan fingerprint density at radius 3 is 2.56 bits per heavy atom. The zero-order chi connectivity index (χ0) is 11.3. The van der Waals surface area contributed by atoms with Crippen LogP contribution in [-0.2, 0) is 0 Å². The summed E-state index contributed by atoms with van der Waals surface area (Å²) in [6, 6.07) is 3.21. The Labute approximate surface area is 99.8 Å². The second kappa shape index (κ2) is 3.71. The van der Waals surface area contributed by atoms with Gasteiger partial charge < -0.3 is 5.32 Å². The molecule has 3 rings (SSSR count). The Bertz CT molecular complexity index is 268. The molecular formula is C14H26N2. The maximum Gasteiger partial charge on any atom is 0.0212 e. The molecule has 3 atom stereocenters. The van der Waals surface area contributed by atoms with E-state index in [0.717, 1.165) is 18.1 Å². The van der Waals surface area contributed by atoms with Crippen LogP contribution in [0.4, 0.5) is 0 Å². The Kier molecular flexibility index (Phi) is 2.56. The molecule has 2 saturated carbocycles. The van der Waals surface area contributed by atoms with Crippen LogP contribution in [0.1, 0.15) is 52.9 Å². The van der Waals surface area contributed by atoms with E-state index >= 15 is 0 Å². The first kappa shape index (κ1) is 11.0. The van der Waals surface area contributed by atoms with Crippen molar-refractivity contribution < 1.29 is 0 Å². The van der Waals surface area contributed by atoms with Crippen molar-refractivity contribution in [3.05, 3.63) is 0 Å². The third kappa shape index (κ3) is 2.02. The van der Waals surface area contributed by atoms with Crippen molar-refractivity contribution in [2.45, 2.75) is 77.0 Å². The Morgan fingerprint density at radius 2 is 2.00 bits per heavy atom. The molecular weight excluding hydrogens is 196 g/mol. The van der Waals surface area contributed by atoms with Crippen molar-refractivity contribution in [1.82, 2.24) is 10.2 Å². The van der Waals surface area contributed by atoms with Crippen LogP contribution in [0, 0.1) is 5.41 Å². The third-order valence-electron chi connectivity index (χ3n) is 5.21. The monoisotopic (exact) mass is 222 g/mol. The van der Waals surface area contributed by atoms with Crippen molar-refractivity contribution >= 4 is 0 Å². The Morgan fingerprint density at radius 1 is 1.31 bits per heavy atom. The molecule has 92 valence electrons. The summed E-state index contributed by atoms with van der Waals surface area (Å²) in [4.78, 5) is 2.74. The lowest BCUT2D eigenvalue weighted by molar-refractivity contribution is 0.251. The number of nitrogens with one attached hydrogen (secondary N) is 1. The van der Waals surface area contributed by atoms with Crippen LogP contribution in [0.15, 0.2) is 0 Å². The van der Waals surface area contributed by atoms with Gasteiger partial charge in [-0.2, -0.15) is 0 Å². The molecule has 1 heterocycles. The molecule has 1 aliphatic heterocycles. The molecule has 3 fully saturated rings. The molecule has 0 aromatic carbocycles. The normalized spacial score (nSPS) is 39.9. The molecule has 2 nitrogen and oxygen atoms in total. The molecule has 1 N–H and O–H groups in total. The molecule has 1 saturated heterocycles. The summed E-state index contributed by atoms with van der Waals surface area (Å²) < 4.78 is 0. The van der Waals surface area contributed by atoms with Crippen LogP contribution in [0.25, 0.3) is 0 Å². The Hall–Kier alpha value is -0.0800. The van der Waals surface area contributed by atoms with E-state index < -0.39 is 0 Å². The molecule has 3 unspecified atom stereocenters. The fourth-order valence-corrected chi connectivity index (χ4v) is 3.28. The number of likely N-dealkylation sites (tertiary alicyclic amines) is 1. The molecule has 0 bridgehead atoms. The van der Waals surface area contributed by atoms with Crippen molar-refractivity contribution in [3.8, 4) is 0 Å². The molecule has 2 aliphatic carbocycles. The predicted molar refractivity (Wildman–Crippen MR) is 67.5 cm³/mol. The van der Waals surface area contributed by atoms with Crippen LogP contribution < -0.4 is 5.32 Å². The second-order valence-electron chi connectivity index (χ2n) is 6.75. The van der Waals surface area contributed by atoms with Crippen LogP contribution >= 0.6 is 0 Å². The summed E-state index contributed by atoms with van der Waals surface area (Å²) in [5.74, 6) is 0. The first-order chi connectivity index (χ1) is 7.58. The van der Waals surface area contributed by atoms with Crippen molar-refractivity contribution in [2.24, 2.45) is 5.41 Å². The SMILES string of the molecule is CC1CC(NC(C)C2(C)CC2)CN1C1CC1. The molecule has 0 aromatic heterocycles. The summed E-state index contributed by atoms with van der Waals surface area (Å²) >= 11 is 0. The molecule has 2 heteroatoms. The lowest BCUT2D eigenvalue weighted by Gasteiger charge is -2.25. The number of hydrogen-bond acceptors (Lipinski definition) is 2. The minimum Gasteiger partial charge on any atom is -0.310 e. The number of hydrogen-bond donors (Lipinski definition) is 1. The van der Waals surface area contributed by atoms with Gasteiger partial charge in [0.2, 0.25) is 0 Å². The topological polar surface area (TPSA) is 15.3 Å². The minimum absolute atomic E-state index is 0.621.